The number of urea groups is 1. The minimum Gasteiger partial charge on any atom is -0.352 e. The van der Waals surface area contributed by atoms with Gasteiger partial charge in [0.25, 0.3) is 0 Å². The molecule has 1 aromatic heterocycles. The van der Waals surface area contributed by atoms with Crippen molar-refractivity contribution in [3.63, 3.8) is 0 Å². The van der Waals surface area contributed by atoms with E-state index >= 15 is 0 Å². The Morgan fingerprint density at radius 1 is 1.55 bits per heavy atom. The maximum absolute atomic E-state index is 12.4. The van der Waals surface area contributed by atoms with Crippen molar-refractivity contribution in [2.24, 2.45) is 11.5 Å². The molecule has 5 N–H and O–H groups in total. The molecule has 20 heavy (non-hydrogen) atoms. The molecule has 2 atom stereocenters. The number of likely N-dealkylation sites (tertiary alicyclic amines) is 1. The van der Waals surface area contributed by atoms with Gasteiger partial charge in [0.15, 0.2) is 0 Å². The van der Waals surface area contributed by atoms with Crippen LogP contribution in [0, 0.1) is 0 Å². The number of carbonyl (C=O) groups is 2. The molecule has 0 aromatic carbocycles. The zero-order chi connectivity index (χ0) is 14.5. The Bertz CT molecular complexity index is 463. The molecule has 1 saturated heterocycles. The predicted octanol–water partition coefficient (Wildman–Crippen LogP) is 0.797. The van der Waals surface area contributed by atoms with Gasteiger partial charge in [0.1, 0.15) is 0 Å². The number of hydrogen-bond donors (Lipinski definition) is 3. The highest BCUT2D eigenvalue weighted by Crippen LogP contribution is 2.25. The quantitative estimate of drug-likeness (QED) is 0.749. The summed E-state index contributed by atoms with van der Waals surface area (Å²) in [6, 6.07) is 2.92. The Morgan fingerprint density at radius 3 is 2.95 bits per heavy atom. The molecule has 2 unspecified atom stereocenters. The molecule has 0 saturated carbocycles. The second-order valence-electron chi connectivity index (χ2n) is 4.90. The molecule has 1 aromatic rings. The first kappa shape index (κ1) is 14.8. The smallest absolute Gasteiger partial charge is 0.312 e. The summed E-state index contributed by atoms with van der Waals surface area (Å²) in [7, 11) is 0. The van der Waals surface area contributed by atoms with Crippen LogP contribution < -0.4 is 16.8 Å². The van der Waals surface area contributed by atoms with Crippen LogP contribution in [0.4, 0.5) is 4.79 Å². The van der Waals surface area contributed by atoms with E-state index in [1.165, 1.54) is 11.3 Å². The topological polar surface area (TPSA) is 101 Å². The van der Waals surface area contributed by atoms with Gasteiger partial charge in [-0.2, -0.15) is 0 Å². The summed E-state index contributed by atoms with van der Waals surface area (Å²) in [6.45, 7) is 1.23. The van der Waals surface area contributed by atoms with Crippen LogP contribution in [0.25, 0.3) is 0 Å². The van der Waals surface area contributed by atoms with Crippen molar-refractivity contribution in [2.75, 3.05) is 13.1 Å². The monoisotopic (exact) mass is 296 g/mol. The lowest BCUT2D eigenvalue weighted by Crippen LogP contribution is -2.42. The maximum Gasteiger partial charge on any atom is 0.312 e. The van der Waals surface area contributed by atoms with Crippen molar-refractivity contribution < 1.29 is 9.59 Å². The third-order valence-corrected chi connectivity index (χ3v) is 4.54. The second-order valence-corrected chi connectivity index (χ2v) is 5.88. The van der Waals surface area contributed by atoms with E-state index in [4.69, 9.17) is 11.5 Å². The van der Waals surface area contributed by atoms with Gasteiger partial charge in [-0.25, -0.2) is 4.79 Å². The molecule has 3 amide bonds. The molecule has 1 fully saturated rings. The maximum atomic E-state index is 12.4. The van der Waals surface area contributed by atoms with E-state index in [0.29, 0.717) is 6.54 Å². The van der Waals surface area contributed by atoms with Gasteiger partial charge in [-0.15, -0.1) is 11.3 Å². The minimum absolute atomic E-state index is 0.0186. The zero-order valence-electron chi connectivity index (χ0n) is 11.2. The predicted molar refractivity (Wildman–Crippen MR) is 78.2 cm³/mol. The van der Waals surface area contributed by atoms with Crippen molar-refractivity contribution in [3.8, 4) is 0 Å². The third kappa shape index (κ3) is 3.49. The lowest BCUT2D eigenvalue weighted by Gasteiger charge is -2.25. The van der Waals surface area contributed by atoms with Gasteiger partial charge in [-0.3, -0.25) is 4.79 Å². The Balaban J connectivity index is 2.04. The van der Waals surface area contributed by atoms with Crippen LogP contribution in [-0.4, -0.2) is 36.0 Å². The molecule has 1 aliphatic heterocycles. The molecule has 2 heterocycles. The van der Waals surface area contributed by atoms with Crippen LogP contribution >= 0.6 is 11.3 Å². The molecule has 0 aliphatic carbocycles. The van der Waals surface area contributed by atoms with Crippen LogP contribution in [0.15, 0.2) is 17.5 Å². The fraction of sp³-hybridized carbons (Fsp3) is 0.538. The van der Waals surface area contributed by atoms with Gasteiger partial charge < -0.3 is 21.7 Å². The summed E-state index contributed by atoms with van der Waals surface area (Å²) < 4.78 is 0. The number of nitrogens with two attached hydrogens (primary N) is 2. The average molecular weight is 296 g/mol. The van der Waals surface area contributed by atoms with Gasteiger partial charge >= 0.3 is 6.03 Å². The largest absolute Gasteiger partial charge is 0.352 e. The number of thiophene rings is 1. The number of amides is 3. The molecule has 7 heteroatoms. The van der Waals surface area contributed by atoms with Crippen molar-refractivity contribution in [1.82, 2.24) is 10.2 Å². The first-order chi connectivity index (χ1) is 9.61. The van der Waals surface area contributed by atoms with Crippen molar-refractivity contribution >= 4 is 23.3 Å². The van der Waals surface area contributed by atoms with E-state index in [9.17, 15) is 9.59 Å². The van der Waals surface area contributed by atoms with Crippen LogP contribution in [0.3, 0.4) is 0 Å². The van der Waals surface area contributed by atoms with Crippen molar-refractivity contribution in [2.45, 2.75) is 31.3 Å². The third-order valence-electron chi connectivity index (χ3n) is 3.55. The van der Waals surface area contributed by atoms with Gasteiger partial charge in [0.2, 0.25) is 5.91 Å². The van der Waals surface area contributed by atoms with Crippen LogP contribution in [0.2, 0.25) is 0 Å². The fourth-order valence-electron chi connectivity index (χ4n) is 2.58. The Hall–Kier alpha value is -1.60. The van der Waals surface area contributed by atoms with Crippen molar-refractivity contribution in [1.29, 1.82) is 0 Å². The molecular formula is C13H20N4O2S. The lowest BCUT2D eigenvalue weighted by atomic mass is 10.1. The average Bonchev–Trinajstić information content (AvgIpc) is 3.08. The number of hydrogen-bond acceptors (Lipinski definition) is 4. The number of primary amides is 1. The summed E-state index contributed by atoms with van der Waals surface area (Å²) >= 11 is 1.50. The molecule has 6 nitrogen and oxygen atoms in total. The molecule has 0 spiro atoms. The van der Waals surface area contributed by atoms with Crippen LogP contribution in [0.5, 0.6) is 0 Å². The molecule has 0 bridgehead atoms. The highest BCUT2D eigenvalue weighted by molar-refractivity contribution is 7.10. The minimum atomic E-state index is -0.618. The Kier molecular flexibility index (Phi) is 4.97. The summed E-state index contributed by atoms with van der Waals surface area (Å²) in [5.41, 5.74) is 10.9. The molecule has 0 radical (unpaired) electrons. The lowest BCUT2D eigenvalue weighted by molar-refractivity contribution is -0.132. The van der Waals surface area contributed by atoms with Gasteiger partial charge in [-0.05, 0) is 24.3 Å². The van der Waals surface area contributed by atoms with Gasteiger partial charge in [0, 0.05) is 24.0 Å². The SMILES string of the molecule is NCC1CCCN1C(=O)CC(NC(N)=O)c1cccs1. The fourth-order valence-corrected chi connectivity index (χ4v) is 3.36. The normalized spacial score (nSPS) is 19.9. The van der Waals surface area contributed by atoms with Gasteiger partial charge in [-0.1, -0.05) is 6.07 Å². The summed E-state index contributed by atoms with van der Waals surface area (Å²) in [4.78, 5) is 26.2. The number of rotatable bonds is 5. The van der Waals surface area contributed by atoms with Crippen LogP contribution in [-0.2, 0) is 4.79 Å². The van der Waals surface area contributed by atoms with E-state index in [2.05, 4.69) is 5.32 Å². The molecule has 1 aliphatic rings. The summed E-state index contributed by atoms with van der Waals surface area (Å²) in [6.07, 6.45) is 2.16. The summed E-state index contributed by atoms with van der Waals surface area (Å²) in [5.74, 6) is 0.0186. The number of carbonyl (C=O) groups excluding carboxylic acids is 2. The van der Waals surface area contributed by atoms with E-state index in [0.717, 1.165) is 24.3 Å². The molecule has 110 valence electrons. The number of nitrogens with zero attached hydrogens (tertiary/aromatic N) is 1. The highest BCUT2D eigenvalue weighted by Gasteiger charge is 2.29. The zero-order valence-corrected chi connectivity index (χ0v) is 12.1. The van der Waals surface area contributed by atoms with E-state index in [-0.39, 0.29) is 24.4 Å². The molecule has 2 rings (SSSR count). The van der Waals surface area contributed by atoms with E-state index in [1.807, 2.05) is 22.4 Å². The van der Waals surface area contributed by atoms with Crippen molar-refractivity contribution in [3.05, 3.63) is 22.4 Å². The first-order valence-corrected chi connectivity index (χ1v) is 7.58. The van der Waals surface area contributed by atoms with E-state index in [1.54, 1.807) is 0 Å². The highest BCUT2D eigenvalue weighted by atomic mass is 32.1. The van der Waals surface area contributed by atoms with Gasteiger partial charge in [0.05, 0.1) is 12.5 Å². The first-order valence-electron chi connectivity index (χ1n) is 6.70. The van der Waals surface area contributed by atoms with E-state index < -0.39 is 6.03 Å². The Labute approximate surface area is 122 Å². The summed E-state index contributed by atoms with van der Waals surface area (Å²) in [5, 5.41) is 4.55. The second kappa shape index (κ2) is 6.71. The Morgan fingerprint density at radius 2 is 2.35 bits per heavy atom. The number of nitrogens with one attached hydrogen (secondary N) is 1. The molecular weight excluding hydrogens is 276 g/mol. The standard InChI is InChI=1S/C13H20N4O2S/c14-8-9-3-1-5-17(9)12(18)7-10(16-13(15)19)11-4-2-6-20-11/h2,4,6,9-10H,1,3,5,7-8,14H2,(H3,15,16,19). The van der Waals surface area contributed by atoms with Crippen LogP contribution in [0.1, 0.15) is 30.2 Å².